The van der Waals surface area contributed by atoms with E-state index in [2.05, 4.69) is 45.4 Å². The minimum atomic E-state index is -0.993. The molecule has 5 N–H and O–H groups in total. The molecular weight excluding hydrogens is 1110 g/mol. The molecular formula is C55H93IN6O15. The molecule has 2 aliphatic heterocycles. The van der Waals surface area contributed by atoms with E-state index < -0.39 is 95.5 Å². The number of ether oxygens (including phenoxy) is 5. The largest absolute Gasteiger partial charge is 0.467 e. The van der Waals surface area contributed by atoms with E-state index in [9.17, 15) is 48.6 Å². The lowest BCUT2D eigenvalue weighted by molar-refractivity contribution is -0.151. The molecule has 0 saturated carbocycles. The normalized spacial score (nSPS) is 18.6. The highest BCUT2D eigenvalue weighted by Crippen LogP contribution is 2.24. The molecule has 5 amide bonds. The van der Waals surface area contributed by atoms with E-state index in [-0.39, 0.29) is 59.0 Å². The number of carbonyl (C=O) groups is 8. The van der Waals surface area contributed by atoms with Gasteiger partial charge in [0.1, 0.15) is 41.4 Å². The van der Waals surface area contributed by atoms with Crippen molar-refractivity contribution in [1.29, 1.82) is 0 Å². The lowest BCUT2D eigenvalue weighted by atomic mass is 10.0. The summed E-state index contributed by atoms with van der Waals surface area (Å²) < 4.78 is 29.3. The predicted molar refractivity (Wildman–Crippen MR) is 303 cm³/mol. The summed E-state index contributed by atoms with van der Waals surface area (Å²) in [5, 5.41) is 28.1. The Kier molecular flexibility index (Phi) is 36.5. The maximum Gasteiger partial charge on any atom is 0.408 e. The maximum absolute atomic E-state index is 13.5. The van der Waals surface area contributed by atoms with Crippen LogP contribution in [0.3, 0.4) is 0 Å². The number of esters is 3. The van der Waals surface area contributed by atoms with Crippen LogP contribution in [0, 0.1) is 0 Å². The highest BCUT2D eigenvalue weighted by atomic mass is 127. The number of unbranched alkanes of at least 4 members (excludes halogenated alkanes) is 6. The molecule has 22 heteroatoms. The molecule has 440 valence electrons. The van der Waals surface area contributed by atoms with Crippen LogP contribution in [0.4, 0.5) is 9.59 Å². The van der Waals surface area contributed by atoms with Crippen LogP contribution in [0.25, 0.3) is 0 Å². The minimum Gasteiger partial charge on any atom is -0.467 e. The number of nitrogens with one attached hydrogen (secondary N) is 3. The molecule has 8 atom stereocenters. The average molecular weight is 1210 g/mol. The highest BCUT2D eigenvalue weighted by molar-refractivity contribution is 14.2. The number of alkyl halides is 1. The standard InChI is InChI=1S/C26H43N3O7.C20H34N2O6.C9H16INO2/c1-7-9-11-12-13-15-19(28-25(34)36-26(3,4)5)23(32)29-17-18(30)16-21(29)22(31)27-20(14-10-8-2)24(33)35-6;1-6-7-8-9-10-11-15(21-19(26)28-20(2,3)4)17(24)22-13-14(23)12-16(22)18(25)27-5;1-4-6-7-8(11-10-3)9(12)13-5-2/h7-8,18-21,30H,1-2,9-17H2,3-6H3,(H,27,31)(H,28,34);6,14-16,23H,1,7-13H2,2-5H3,(H,21,26);4,8H,1,5-7H2,2-3H3/t18-,19-,20-,21-;14-,15-,16-;/m00./s1. The zero-order valence-electron chi connectivity index (χ0n) is 47.6. The number of likely N-dealkylation sites (tertiary alicyclic amines) is 2. The molecule has 2 fully saturated rings. The first-order chi connectivity index (χ1) is 36.3. The Hall–Kier alpha value is -5.23. The number of hydrogen-bond donors (Lipinski definition) is 5. The third-order valence-corrected chi connectivity index (χ3v) is 12.8. The fourth-order valence-corrected chi connectivity index (χ4v) is 9.13. The molecule has 0 spiro atoms. The van der Waals surface area contributed by atoms with Crippen molar-refractivity contribution in [3.8, 4) is 0 Å². The van der Waals surface area contributed by atoms with Crippen molar-refractivity contribution in [2.24, 2.45) is 3.15 Å². The number of halogens is 1. The van der Waals surface area contributed by atoms with Crippen LogP contribution in [0.2, 0.25) is 0 Å². The molecule has 0 aromatic carbocycles. The Bertz CT molecular complexity index is 1920. The van der Waals surface area contributed by atoms with Gasteiger partial charge in [-0.3, -0.25) is 14.4 Å². The minimum absolute atomic E-state index is 0.0193. The van der Waals surface area contributed by atoms with E-state index in [4.69, 9.17) is 23.7 Å². The average Bonchev–Trinajstić information content (AvgIpc) is 3.96. The zero-order valence-corrected chi connectivity index (χ0v) is 49.8. The highest BCUT2D eigenvalue weighted by Gasteiger charge is 2.44. The van der Waals surface area contributed by atoms with Crippen molar-refractivity contribution in [3.05, 3.63) is 50.6 Å². The molecule has 0 aromatic heterocycles. The van der Waals surface area contributed by atoms with Gasteiger partial charge in [0, 0.05) is 25.9 Å². The quantitative estimate of drug-likeness (QED) is 0.0122. The monoisotopic (exact) mass is 1200 g/mol. The number of allylic oxidation sites excluding steroid dienone is 4. The number of carbonyl (C=O) groups excluding carboxylic acids is 8. The zero-order chi connectivity index (χ0) is 58.7. The van der Waals surface area contributed by atoms with Crippen molar-refractivity contribution in [3.63, 3.8) is 0 Å². The van der Waals surface area contributed by atoms with Gasteiger partial charge in [0.2, 0.25) is 17.7 Å². The second kappa shape index (κ2) is 39.2. The molecule has 2 aliphatic rings. The second-order valence-corrected chi connectivity index (χ2v) is 21.9. The predicted octanol–water partition coefficient (Wildman–Crippen LogP) is 7.42. The third kappa shape index (κ3) is 30.5. The van der Waals surface area contributed by atoms with Crippen LogP contribution >= 0.6 is 21.0 Å². The fraction of sp³-hybridized carbons (Fsp3) is 0.709. The summed E-state index contributed by atoms with van der Waals surface area (Å²) in [4.78, 5) is 104. The molecule has 2 saturated heterocycles. The number of nitrogens with zero attached hydrogens (tertiary/aromatic N) is 3. The number of aliphatic hydroxyl groups is 2. The van der Waals surface area contributed by atoms with Crippen molar-refractivity contribution in [2.75, 3.05) is 38.8 Å². The van der Waals surface area contributed by atoms with E-state index in [1.165, 1.54) is 24.0 Å². The van der Waals surface area contributed by atoms with Crippen molar-refractivity contribution in [2.45, 2.75) is 211 Å². The fourth-order valence-electron chi connectivity index (χ4n) is 7.95. The van der Waals surface area contributed by atoms with Crippen LogP contribution in [0.15, 0.2) is 53.8 Å². The second-order valence-electron chi connectivity index (χ2n) is 20.4. The number of rotatable bonds is 29. The molecule has 0 aromatic rings. The van der Waals surface area contributed by atoms with Gasteiger partial charge in [-0.15, -0.1) is 26.3 Å². The summed E-state index contributed by atoms with van der Waals surface area (Å²) in [5.74, 6) is -2.84. The number of alkyl carbamates (subject to hydrolysis) is 2. The van der Waals surface area contributed by atoms with Gasteiger partial charge < -0.3 is 59.6 Å². The van der Waals surface area contributed by atoms with Gasteiger partial charge in [-0.05, 0) is 139 Å². The van der Waals surface area contributed by atoms with Gasteiger partial charge in [-0.1, -0.05) is 50.0 Å². The molecule has 77 heavy (non-hydrogen) atoms. The van der Waals surface area contributed by atoms with Crippen LogP contribution in [0.1, 0.15) is 151 Å². The summed E-state index contributed by atoms with van der Waals surface area (Å²) in [7, 11) is 2.47. The van der Waals surface area contributed by atoms with Gasteiger partial charge >= 0.3 is 30.1 Å². The van der Waals surface area contributed by atoms with E-state index in [1.807, 2.05) is 24.0 Å². The van der Waals surface area contributed by atoms with Gasteiger partial charge in [-0.25, -0.2) is 27.1 Å². The van der Waals surface area contributed by atoms with Gasteiger partial charge in [-0.2, -0.15) is 0 Å². The third-order valence-electron chi connectivity index (χ3n) is 11.6. The first kappa shape index (κ1) is 71.8. The maximum atomic E-state index is 13.5. The summed E-state index contributed by atoms with van der Waals surface area (Å²) in [6, 6.07) is -4.77. The first-order valence-electron chi connectivity index (χ1n) is 26.5. The van der Waals surface area contributed by atoms with E-state index in [0.29, 0.717) is 38.7 Å². The first-order valence-corrected chi connectivity index (χ1v) is 29.6. The van der Waals surface area contributed by atoms with Gasteiger partial charge in [0.25, 0.3) is 0 Å². The Morgan fingerprint density at radius 1 is 0.610 bits per heavy atom. The molecule has 1 unspecified atom stereocenters. The van der Waals surface area contributed by atoms with Crippen LogP contribution in [0.5, 0.6) is 0 Å². The molecule has 21 nitrogen and oxygen atoms in total. The van der Waals surface area contributed by atoms with E-state index in [0.717, 1.165) is 57.8 Å². The molecule has 2 rings (SSSR count). The molecule has 0 radical (unpaired) electrons. The van der Waals surface area contributed by atoms with Crippen molar-refractivity contribution in [1.82, 2.24) is 25.8 Å². The lowest BCUT2D eigenvalue weighted by Gasteiger charge is -2.30. The number of amides is 5. The van der Waals surface area contributed by atoms with Crippen molar-refractivity contribution < 1.29 is 72.3 Å². The van der Waals surface area contributed by atoms with Crippen LogP contribution in [-0.4, -0.2) is 166 Å². The Balaban J connectivity index is 0.00000124. The Morgan fingerprint density at radius 3 is 1.45 bits per heavy atom. The number of aliphatic hydroxyl groups excluding tert-OH is 2. The summed E-state index contributed by atoms with van der Waals surface area (Å²) >= 11 is -0.206. The topological polar surface area (TPSA) is 278 Å². The van der Waals surface area contributed by atoms with E-state index >= 15 is 0 Å². The number of β-amino-alcohol motifs (C(OH)–C–C–N with tert-alkyl or cyclic N) is 2. The molecule has 0 bridgehead atoms. The molecule has 2 heterocycles. The smallest absolute Gasteiger partial charge is 0.408 e. The lowest BCUT2D eigenvalue weighted by Crippen LogP contribution is -2.55. The Labute approximate surface area is 468 Å². The van der Waals surface area contributed by atoms with Gasteiger partial charge in [0.15, 0.2) is 6.04 Å². The van der Waals surface area contributed by atoms with Crippen LogP contribution < -0.4 is 16.0 Å². The number of methoxy groups -OCH3 is 2. The number of hydrogen-bond acceptors (Lipinski definition) is 16. The molecule has 0 aliphatic carbocycles. The SMILES string of the molecule is C=CCCC(N=IC)C(=O)OCC.C=CCCCCC[C@H](NC(=O)OC(C)(C)C)C(=O)N1C[C@@H](O)C[C@H]1C(=O)N[C@@H](CCC=C)C(=O)OC.C=CCCCCC[C@H](NC(=O)OC(C)(C)C)C(=O)N1C[C@@H](O)C[C@H]1C(=O)OC. The van der Waals surface area contributed by atoms with Crippen LogP contribution in [-0.2, 0) is 52.5 Å². The Morgan fingerprint density at radius 2 is 1.05 bits per heavy atom. The van der Waals surface area contributed by atoms with E-state index in [1.54, 1.807) is 53.7 Å². The van der Waals surface area contributed by atoms with Crippen molar-refractivity contribution >= 4 is 68.8 Å². The summed E-state index contributed by atoms with van der Waals surface area (Å²) in [6.07, 6.45) is 13.9. The summed E-state index contributed by atoms with van der Waals surface area (Å²) in [5.41, 5.74) is -1.44. The van der Waals surface area contributed by atoms with Gasteiger partial charge in [0.05, 0.1) is 33.0 Å². The summed E-state index contributed by atoms with van der Waals surface area (Å²) in [6.45, 7) is 27.2.